The molecule has 0 saturated carbocycles. The Bertz CT molecular complexity index is 370. The van der Waals surface area contributed by atoms with Crippen molar-refractivity contribution in [1.82, 2.24) is 4.90 Å². The number of likely N-dealkylation sites (tertiary alicyclic amines) is 1. The number of allylic oxidation sites excluding steroid dienone is 1. The van der Waals surface area contributed by atoms with E-state index >= 15 is 0 Å². The van der Waals surface area contributed by atoms with Crippen LogP contribution in [0.4, 0.5) is 0 Å². The van der Waals surface area contributed by atoms with E-state index in [4.69, 9.17) is 0 Å². The van der Waals surface area contributed by atoms with E-state index in [1.54, 1.807) is 0 Å². The molecule has 0 aromatic carbocycles. The van der Waals surface area contributed by atoms with Gasteiger partial charge in [-0.1, -0.05) is 32.9 Å². The van der Waals surface area contributed by atoms with Gasteiger partial charge in [0.1, 0.15) is 0 Å². The highest BCUT2D eigenvalue weighted by molar-refractivity contribution is 5.89. The van der Waals surface area contributed by atoms with Crippen LogP contribution in [0.1, 0.15) is 54.4 Å². The maximum Gasteiger partial charge on any atom is 0.155 e. The molecular weight excluding hydrogens is 222 g/mol. The minimum absolute atomic E-state index is 0.0552. The Morgan fingerprint density at radius 2 is 1.78 bits per heavy atom. The Hall–Kier alpha value is -0.630. The second-order valence-corrected chi connectivity index (χ2v) is 7.86. The lowest BCUT2D eigenvalue weighted by atomic mass is 9.84. The smallest absolute Gasteiger partial charge is 0.155 e. The monoisotopic (exact) mass is 249 g/mol. The highest BCUT2D eigenvalue weighted by Crippen LogP contribution is 2.43. The van der Waals surface area contributed by atoms with E-state index in [1.165, 1.54) is 0 Å². The first-order valence-corrected chi connectivity index (χ1v) is 7.12. The Morgan fingerprint density at radius 3 is 2.28 bits per heavy atom. The van der Waals surface area contributed by atoms with Crippen LogP contribution < -0.4 is 0 Å². The van der Waals surface area contributed by atoms with Gasteiger partial charge in [-0.3, -0.25) is 9.69 Å². The van der Waals surface area contributed by atoms with Gasteiger partial charge in [0.05, 0.1) is 6.04 Å². The van der Waals surface area contributed by atoms with Crippen molar-refractivity contribution < 1.29 is 4.79 Å². The summed E-state index contributed by atoms with van der Waals surface area (Å²) in [4.78, 5) is 15.1. The molecule has 0 aromatic heterocycles. The summed E-state index contributed by atoms with van der Waals surface area (Å²) in [6.07, 6.45) is 6.77. The first kappa shape index (κ1) is 13.8. The molecule has 2 nitrogen and oxygen atoms in total. The van der Waals surface area contributed by atoms with E-state index in [0.29, 0.717) is 17.7 Å². The second-order valence-electron chi connectivity index (χ2n) is 7.86. The van der Waals surface area contributed by atoms with Gasteiger partial charge in [-0.05, 0) is 39.5 Å². The topological polar surface area (TPSA) is 20.3 Å². The SMILES string of the molecule is CC(C)(C)C(=O)C1CC2CC=CC2N1C(C)(C)C. The van der Waals surface area contributed by atoms with Gasteiger partial charge in [0, 0.05) is 17.0 Å². The van der Waals surface area contributed by atoms with Crippen molar-refractivity contribution in [2.75, 3.05) is 0 Å². The zero-order chi connectivity index (χ0) is 13.7. The predicted octanol–water partition coefficient (Wildman–Crippen LogP) is 3.42. The van der Waals surface area contributed by atoms with Crippen LogP contribution in [0.25, 0.3) is 0 Å². The average Bonchev–Trinajstić information content (AvgIpc) is 2.70. The maximum absolute atomic E-state index is 12.7. The number of hydrogen-bond acceptors (Lipinski definition) is 2. The summed E-state index contributed by atoms with van der Waals surface area (Å²) in [6.45, 7) is 12.8. The second kappa shape index (κ2) is 4.19. The van der Waals surface area contributed by atoms with Crippen molar-refractivity contribution in [1.29, 1.82) is 0 Å². The molecule has 0 amide bonds. The summed E-state index contributed by atoms with van der Waals surface area (Å²) in [5, 5.41) is 0. The molecule has 102 valence electrons. The fraction of sp³-hybridized carbons (Fsp3) is 0.812. The lowest BCUT2D eigenvalue weighted by molar-refractivity contribution is -0.133. The molecule has 0 N–H and O–H groups in total. The highest BCUT2D eigenvalue weighted by atomic mass is 16.1. The van der Waals surface area contributed by atoms with Gasteiger partial charge < -0.3 is 0 Å². The fourth-order valence-electron chi connectivity index (χ4n) is 3.50. The summed E-state index contributed by atoms with van der Waals surface area (Å²) in [5.41, 5.74) is -0.184. The number of carbonyl (C=O) groups is 1. The summed E-state index contributed by atoms with van der Waals surface area (Å²) in [7, 11) is 0. The van der Waals surface area contributed by atoms with Crippen LogP contribution in [-0.2, 0) is 4.79 Å². The van der Waals surface area contributed by atoms with Crippen LogP contribution in [0.5, 0.6) is 0 Å². The van der Waals surface area contributed by atoms with Crippen LogP contribution in [0.2, 0.25) is 0 Å². The molecule has 3 atom stereocenters. The van der Waals surface area contributed by atoms with E-state index in [9.17, 15) is 4.79 Å². The summed E-state index contributed by atoms with van der Waals surface area (Å²) >= 11 is 0. The number of nitrogens with zero attached hydrogens (tertiary/aromatic N) is 1. The Kier molecular flexibility index (Phi) is 3.21. The molecule has 2 heteroatoms. The minimum atomic E-state index is -0.240. The summed E-state index contributed by atoms with van der Waals surface area (Å²) < 4.78 is 0. The molecule has 0 aromatic rings. The molecule has 3 unspecified atom stereocenters. The van der Waals surface area contributed by atoms with Crippen LogP contribution in [0.3, 0.4) is 0 Å². The molecule has 1 aliphatic carbocycles. The number of ketones is 1. The maximum atomic E-state index is 12.7. The summed E-state index contributed by atoms with van der Waals surface area (Å²) in [6, 6.07) is 0.575. The van der Waals surface area contributed by atoms with Crippen molar-refractivity contribution in [3.63, 3.8) is 0 Å². The van der Waals surface area contributed by atoms with Gasteiger partial charge in [-0.2, -0.15) is 0 Å². The van der Waals surface area contributed by atoms with Gasteiger partial charge in [0.25, 0.3) is 0 Å². The van der Waals surface area contributed by atoms with Crippen molar-refractivity contribution in [3.05, 3.63) is 12.2 Å². The third-order valence-electron chi connectivity index (χ3n) is 4.25. The molecule has 0 bridgehead atoms. The first-order chi connectivity index (χ1) is 8.12. The quantitative estimate of drug-likeness (QED) is 0.664. The molecule has 0 radical (unpaired) electrons. The van der Waals surface area contributed by atoms with Crippen LogP contribution in [-0.4, -0.2) is 28.3 Å². The standard InChI is InChI=1S/C16H27NO/c1-15(2,3)14(18)13-10-11-8-7-9-12(11)17(13)16(4,5)6/h7,9,11-13H,8,10H2,1-6H3. The van der Waals surface area contributed by atoms with Gasteiger partial charge in [0.2, 0.25) is 0 Å². The third-order valence-corrected chi connectivity index (χ3v) is 4.25. The zero-order valence-corrected chi connectivity index (χ0v) is 12.7. The van der Waals surface area contributed by atoms with Crippen molar-refractivity contribution in [3.8, 4) is 0 Å². The lowest BCUT2D eigenvalue weighted by Crippen LogP contribution is -2.53. The number of carbonyl (C=O) groups excluding carboxylic acids is 1. The van der Waals surface area contributed by atoms with Crippen LogP contribution in [0.15, 0.2) is 12.2 Å². The fourth-order valence-corrected chi connectivity index (χ4v) is 3.50. The number of fused-ring (bicyclic) bond motifs is 1. The molecule has 2 rings (SSSR count). The van der Waals surface area contributed by atoms with Gasteiger partial charge in [-0.25, -0.2) is 0 Å². The van der Waals surface area contributed by atoms with E-state index in [-0.39, 0.29) is 17.0 Å². The van der Waals surface area contributed by atoms with Crippen LogP contribution in [0, 0.1) is 11.3 Å². The van der Waals surface area contributed by atoms with Gasteiger partial charge in [0.15, 0.2) is 5.78 Å². The van der Waals surface area contributed by atoms with Crippen molar-refractivity contribution in [2.45, 2.75) is 72.0 Å². The average molecular weight is 249 g/mol. The van der Waals surface area contributed by atoms with E-state index < -0.39 is 0 Å². The van der Waals surface area contributed by atoms with Crippen molar-refractivity contribution >= 4 is 5.78 Å². The van der Waals surface area contributed by atoms with Gasteiger partial charge in [-0.15, -0.1) is 0 Å². The van der Waals surface area contributed by atoms with Gasteiger partial charge >= 0.3 is 0 Å². The molecule has 0 spiro atoms. The first-order valence-electron chi connectivity index (χ1n) is 7.12. The molecule has 1 aliphatic heterocycles. The number of Topliss-reactive ketones (excluding diaryl/α,β-unsaturated/α-hetero) is 1. The molecule has 1 saturated heterocycles. The molecule has 2 aliphatic rings. The van der Waals surface area contributed by atoms with Crippen molar-refractivity contribution in [2.24, 2.45) is 11.3 Å². The minimum Gasteiger partial charge on any atom is -0.297 e. The van der Waals surface area contributed by atoms with Crippen LogP contribution >= 0.6 is 0 Å². The third kappa shape index (κ3) is 2.27. The van der Waals surface area contributed by atoms with E-state index in [1.807, 2.05) is 20.8 Å². The normalized spacial score (nSPS) is 32.9. The summed E-state index contributed by atoms with van der Waals surface area (Å²) in [5.74, 6) is 1.06. The molecule has 1 heterocycles. The molecule has 1 fully saturated rings. The van der Waals surface area contributed by atoms with E-state index in [0.717, 1.165) is 12.8 Å². The predicted molar refractivity (Wildman–Crippen MR) is 75.5 cm³/mol. The largest absolute Gasteiger partial charge is 0.297 e. The Balaban J connectivity index is 2.30. The number of rotatable bonds is 1. The highest BCUT2D eigenvalue weighted by Gasteiger charge is 2.50. The van der Waals surface area contributed by atoms with E-state index in [2.05, 4.69) is 37.8 Å². The number of hydrogen-bond donors (Lipinski definition) is 0. The Morgan fingerprint density at radius 1 is 1.17 bits per heavy atom. The Labute approximate surface area is 111 Å². The lowest BCUT2D eigenvalue weighted by Gasteiger charge is -2.41. The zero-order valence-electron chi connectivity index (χ0n) is 12.7. The molecule has 18 heavy (non-hydrogen) atoms. The molecular formula is C16H27NO.